The molecule has 0 aliphatic carbocycles. The lowest BCUT2D eigenvalue weighted by atomic mass is 10.3. The molecule has 0 aliphatic rings. The molecule has 0 aliphatic heterocycles. The second-order valence-electron chi connectivity index (χ2n) is 4.00. The average Bonchev–Trinajstić information content (AvgIpc) is 3.09. The summed E-state index contributed by atoms with van der Waals surface area (Å²) < 4.78 is 6.58. The van der Waals surface area contributed by atoms with E-state index in [1.165, 1.54) is 4.68 Å². The van der Waals surface area contributed by atoms with E-state index in [0.717, 1.165) is 5.56 Å². The Kier molecular flexibility index (Phi) is 3.25. The van der Waals surface area contributed by atoms with E-state index in [-0.39, 0.29) is 13.0 Å². The number of carboxylic acid groups (broad SMARTS) is 1. The predicted molar refractivity (Wildman–Crippen MR) is 68.1 cm³/mol. The highest BCUT2D eigenvalue weighted by Gasteiger charge is 2.11. The Bertz CT molecular complexity index is 718. The summed E-state index contributed by atoms with van der Waals surface area (Å²) in [5.41, 5.74) is 1.28. The molecule has 0 saturated carbocycles. The molecule has 3 aromatic heterocycles. The van der Waals surface area contributed by atoms with Crippen molar-refractivity contribution in [3.05, 3.63) is 34.6 Å². The Labute approximate surface area is 116 Å². The van der Waals surface area contributed by atoms with Crippen LogP contribution in [0, 0.1) is 0 Å². The van der Waals surface area contributed by atoms with Crippen LogP contribution in [0.5, 0.6) is 0 Å². The number of aliphatic carboxylic acids is 1. The van der Waals surface area contributed by atoms with E-state index in [1.54, 1.807) is 17.5 Å². The largest absolute Gasteiger partial charge is 0.481 e. The van der Waals surface area contributed by atoms with Gasteiger partial charge in [-0.2, -0.15) is 16.3 Å². The summed E-state index contributed by atoms with van der Waals surface area (Å²) in [5, 5.41) is 24.0. The third kappa shape index (κ3) is 2.72. The lowest BCUT2D eigenvalue weighted by molar-refractivity contribution is -0.136. The van der Waals surface area contributed by atoms with Crippen LogP contribution in [0.3, 0.4) is 0 Å². The third-order valence-corrected chi connectivity index (χ3v) is 3.15. The maximum Gasteiger partial charge on any atom is 0.309 e. The van der Waals surface area contributed by atoms with Crippen LogP contribution in [0.15, 0.2) is 27.5 Å². The van der Waals surface area contributed by atoms with Gasteiger partial charge in [-0.1, -0.05) is 10.4 Å². The third-order valence-electron chi connectivity index (χ3n) is 2.46. The Balaban J connectivity index is 1.72. The molecule has 0 unspecified atom stereocenters. The number of hydrogen-bond acceptors (Lipinski definition) is 7. The highest BCUT2D eigenvalue weighted by molar-refractivity contribution is 7.08. The lowest BCUT2D eigenvalue weighted by Crippen LogP contribution is -2.01. The molecule has 3 rings (SSSR count). The molecule has 0 aromatic carbocycles. The van der Waals surface area contributed by atoms with Gasteiger partial charge >= 0.3 is 5.97 Å². The first-order chi connectivity index (χ1) is 9.70. The zero-order chi connectivity index (χ0) is 13.9. The maximum absolute atomic E-state index is 10.6. The van der Waals surface area contributed by atoms with E-state index in [0.29, 0.717) is 17.4 Å². The number of rotatable bonds is 5. The molecule has 0 fully saturated rings. The van der Waals surface area contributed by atoms with Crippen LogP contribution in [0.2, 0.25) is 0 Å². The molecule has 0 atom stereocenters. The highest BCUT2D eigenvalue weighted by atomic mass is 32.1. The molecule has 3 heterocycles. The number of carbonyl (C=O) groups is 1. The van der Waals surface area contributed by atoms with Crippen molar-refractivity contribution in [2.75, 3.05) is 0 Å². The first kappa shape index (κ1) is 12.5. The molecule has 9 heteroatoms. The summed E-state index contributed by atoms with van der Waals surface area (Å²) in [4.78, 5) is 14.8. The number of aromatic nitrogens is 5. The zero-order valence-electron chi connectivity index (χ0n) is 10.1. The van der Waals surface area contributed by atoms with Crippen molar-refractivity contribution in [2.24, 2.45) is 0 Å². The molecule has 1 N–H and O–H groups in total. The van der Waals surface area contributed by atoms with Crippen molar-refractivity contribution in [3.63, 3.8) is 0 Å². The minimum atomic E-state index is -0.949. The number of hydrogen-bond donors (Lipinski definition) is 1. The molecular formula is C11H9N5O3S. The quantitative estimate of drug-likeness (QED) is 0.749. The maximum atomic E-state index is 10.6. The second-order valence-corrected chi connectivity index (χ2v) is 4.78. The molecule has 0 radical (unpaired) electrons. The molecule has 0 spiro atoms. The van der Waals surface area contributed by atoms with Crippen LogP contribution < -0.4 is 0 Å². The van der Waals surface area contributed by atoms with Crippen molar-refractivity contribution in [2.45, 2.75) is 13.0 Å². The van der Waals surface area contributed by atoms with E-state index in [1.807, 2.05) is 16.8 Å². The summed E-state index contributed by atoms with van der Waals surface area (Å²) in [6, 6.07) is 1.90. The fourth-order valence-electron chi connectivity index (χ4n) is 1.62. The Morgan fingerprint density at radius 3 is 3.15 bits per heavy atom. The summed E-state index contributed by atoms with van der Waals surface area (Å²) in [6.07, 6.45) is 1.38. The molecule has 3 aromatic rings. The van der Waals surface area contributed by atoms with Crippen molar-refractivity contribution >= 4 is 17.3 Å². The predicted octanol–water partition coefficient (Wildman–Crippen LogP) is 1.06. The van der Waals surface area contributed by atoms with E-state index >= 15 is 0 Å². The number of thiophene rings is 1. The summed E-state index contributed by atoms with van der Waals surface area (Å²) in [7, 11) is 0. The highest BCUT2D eigenvalue weighted by Crippen LogP contribution is 2.18. The molecule has 0 saturated heterocycles. The fourth-order valence-corrected chi connectivity index (χ4v) is 2.25. The lowest BCUT2D eigenvalue weighted by Gasteiger charge is -1.92. The van der Waals surface area contributed by atoms with Crippen molar-refractivity contribution in [3.8, 4) is 11.4 Å². The van der Waals surface area contributed by atoms with Crippen LogP contribution in [0.1, 0.15) is 11.6 Å². The van der Waals surface area contributed by atoms with Crippen molar-refractivity contribution in [1.29, 1.82) is 0 Å². The van der Waals surface area contributed by atoms with Gasteiger partial charge in [0.1, 0.15) is 6.54 Å². The molecule has 0 amide bonds. The van der Waals surface area contributed by atoms with Crippen LogP contribution in [-0.2, 0) is 17.8 Å². The molecule has 8 nitrogen and oxygen atoms in total. The first-order valence-electron chi connectivity index (χ1n) is 5.66. The van der Waals surface area contributed by atoms with Gasteiger partial charge in [0.05, 0.1) is 12.1 Å². The minimum absolute atomic E-state index is 0.163. The van der Waals surface area contributed by atoms with E-state index in [2.05, 4.69) is 20.5 Å². The summed E-state index contributed by atoms with van der Waals surface area (Å²) >= 11 is 1.55. The standard InChI is InChI=1S/C11H9N5O3S/c17-10(18)3-8-4-16(15-13-8)5-9-12-11(14-19-9)7-1-2-20-6-7/h1-2,4,6H,3,5H2,(H,17,18). The van der Waals surface area contributed by atoms with Gasteiger partial charge in [-0.3, -0.25) is 4.79 Å². The molecule has 20 heavy (non-hydrogen) atoms. The van der Waals surface area contributed by atoms with Crippen LogP contribution >= 0.6 is 11.3 Å². The summed E-state index contributed by atoms with van der Waals surface area (Å²) in [5.74, 6) is -0.0420. The Morgan fingerprint density at radius 2 is 2.40 bits per heavy atom. The minimum Gasteiger partial charge on any atom is -0.481 e. The second kappa shape index (κ2) is 5.21. The molecule has 0 bridgehead atoms. The van der Waals surface area contributed by atoms with Gasteiger partial charge in [0.2, 0.25) is 11.7 Å². The van der Waals surface area contributed by atoms with Crippen LogP contribution in [0.25, 0.3) is 11.4 Å². The summed E-state index contributed by atoms with van der Waals surface area (Å²) in [6.45, 7) is 0.254. The van der Waals surface area contributed by atoms with Gasteiger partial charge < -0.3 is 9.63 Å². The van der Waals surface area contributed by atoms with Gasteiger partial charge in [0.25, 0.3) is 0 Å². The van der Waals surface area contributed by atoms with Gasteiger partial charge in [-0.15, -0.1) is 5.10 Å². The van der Waals surface area contributed by atoms with Crippen molar-refractivity contribution < 1.29 is 14.4 Å². The average molecular weight is 291 g/mol. The van der Waals surface area contributed by atoms with Crippen LogP contribution in [-0.4, -0.2) is 36.2 Å². The number of nitrogens with zero attached hydrogens (tertiary/aromatic N) is 5. The van der Waals surface area contributed by atoms with Gasteiger partial charge in [0, 0.05) is 17.1 Å². The SMILES string of the molecule is O=C(O)Cc1cn(Cc2nc(-c3ccsc3)no2)nn1. The van der Waals surface area contributed by atoms with E-state index < -0.39 is 5.97 Å². The normalized spacial score (nSPS) is 10.8. The molecular weight excluding hydrogens is 282 g/mol. The first-order valence-corrected chi connectivity index (χ1v) is 6.61. The van der Waals surface area contributed by atoms with Crippen LogP contribution in [0.4, 0.5) is 0 Å². The van der Waals surface area contributed by atoms with E-state index in [9.17, 15) is 4.79 Å². The number of carboxylic acids is 1. The van der Waals surface area contributed by atoms with Gasteiger partial charge in [-0.25, -0.2) is 4.68 Å². The van der Waals surface area contributed by atoms with Crippen molar-refractivity contribution in [1.82, 2.24) is 25.1 Å². The molecule has 102 valence electrons. The zero-order valence-corrected chi connectivity index (χ0v) is 10.9. The van der Waals surface area contributed by atoms with Gasteiger partial charge in [0.15, 0.2) is 0 Å². The fraction of sp³-hybridized carbons (Fsp3) is 0.182. The van der Waals surface area contributed by atoms with E-state index in [4.69, 9.17) is 9.63 Å². The Hall–Kier alpha value is -2.55. The smallest absolute Gasteiger partial charge is 0.309 e. The van der Waals surface area contributed by atoms with Gasteiger partial charge in [-0.05, 0) is 11.4 Å². The monoisotopic (exact) mass is 291 g/mol. The topological polar surface area (TPSA) is 107 Å². The Morgan fingerprint density at radius 1 is 1.50 bits per heavy atom.